The molecule has 1 aliphatic carbocycles. The van der Waals surface area contributed by atoms with Crippen LogP contribution in [0.5, 0.6) is 5.75 Å². The Labute approximate surface area is 223 Å². The number of carboxylic acids is 1. The maximum absolute atomic E-state index is 13.2. The molecule has 1 amide bonds. The molecule has 2 aromatic rings. The monoisotopic (exact) mass is 538 g/mol. The summed E-state index contributed by atoms with van der Waals surface area (Å²) in [4.78, 5) is 26.3. The summed E-state index contributed by atoms with van der Waals surface area (Å²) >= 11 is 0. The van der Waals surface area contributed by atoms with Gasteiger partial charge in [-0.25, -0.2) is 13.2 Å². The molecular weight excluding hydrogens is 504 g/mol. The minimum atomic E-state index is -3.67. The predicted octanol–water partition coefficient (Wildman–Crippen LogP) is 4.78. The number of carbonyl (C=O) groups excluding carboxylic acids is 1. The molecule has 5 rings (SSSR count). The smallest absolute Gasteiger partial charge is 0.335 e. The largest absolute Gasteiger partial charge is 0.493 e. The Bertz CT molecular complexity index is 1300. The molecule has 1 N–H and O–H groups in total. The third-order valence-electron chi connectivity index (χ3n) is 7.92. The Hall–Kier alpha value is -3.17. The van der Waals surface area contributed by atoms with Crippen molar-refractivity contribution in [2.45, 2.75) is 49.8 Å². The zero-order valence-electron chi connectivity index (χ0n) is 21.4. The molecule has 2 fully saturated rings. The molecule has 9 heteroatoms. The average Bonchev–Trinajstić information content (AvgIpc) is 2.96. The van der Waals surface area contributed by atoms with E-state index in [0.717, 1.165) is 19.4 Å². The van der Waals surface area contributed by atoms with Crippen LogP contribution in [-0.4, -0.2) is 60.8 Å². The lowest BCUT2D eigenvalue weighted by Crippen LogP contribution is -2.39. The number of carbonyl (C=O) groups is 2. The lowest BCUT2D eigenvalue weighted by atomic mass is 9.84. The van der Waals surface area contributed by atoms with E-state index in [9.17, 15) is 18.0 Å². The van der Waals surface area contributed by atoms with Gasteiger partial charge in [0.1, 0.15) is 5.75 Å². The zero-order chi connectivity index (χ0) is 26.7. The summed E-state index contributed by atoms with van der Waals surface area (Å²) in [7, 11) is -3.67. The van der Waals surface area contributed by atoms with Crippen LogP contribution in [0.1, 0.15) is 65.7 Å². The van der Waals surface area contributed by atoms with Crippen LogP contribution in [0.3, 0.4) is 0 Å². The van der Waals surface area contributed by atoms with E-state index in [0.29, 0.717) is 49.8 Å². The van der Waals surface area contributed by atoms with Gasteiger partial charge in [0.15, 0.2) is 0 Å². The minimum Gasteiger partial charge on any atom is -0.493 e. The lowest BCUT2D eigenvalue weighted by Gasteiger charge is -2.38. The number of fused-ring (bicyclic) bond motifs is 1. The van der Waals surface area contributed by atoms with Crippen LogP contribution in [0, 0.1) is 11.8 Å². The molecule has 38 heavy (non-hydrogen) atoms. The molecular formula is C29H34N2O6S. The van der Waals surface area contributed by atoms with Gasteiger partial charge < -0.3 is 14.7 Å². The molecule has 1 atom stereocenters. The highest BCUT2D eigenvalue weighted by Gasteiger charge is 2.31. The van der Waals surface area contributed by atoms with Gasteiger partial charge in [0.25, 0.3) is 5.91 Å². The van der Waals surface area contributed by atoms with Gasteiger partial charge in [-0.15, -0.1) is 0 Å². The molecule has 2 heterocycles. The fourth-order valence-electron chi connectivity index (χ4n) is 5.69. The first-order chi connectivity index (χ1) is 18.3. The first kappa shape index (κ1) is 26.4. The number of rotatable bonds is 7. The van der Waals surface area contributed by atoms with Gasteiger partial charge >= 0.3 is 5.97 Å². The van der Waals surface area contributed by atoms with Crippen LogP contribution < -0.4 is 4.74 Å². The summed E-state index contributed by atoms with van der Waals surface area (Å²) < 4.78 is 33.3. The van der Waals surface area contributed by atoms with E-state index in [4.69, 9.17) is 9.84 Å². The average molecular weight is 539 g/mol. The molecule has 2 saturated heterocycles. The molecule has 0 aromatic heterocycles. The predicted molar refractivity (Wildman–Crippen MR) is 143 cm³/mol. The van der Waals surface area contributed by atoms with Gasteiger partial charge in [-0.1, -0.05) is 6.08 Å². The Morgan fingerprint density at radius 2 is 1.53 bits per heavy atom. The number of piperidine rings is 2. The molecule has 0 spiro atoms. The number of aromatic carboxylic acids is 1. The number of benzene rings is 2. The van der Waals surface area contributed by atoms with Crippen molar-refractivity contribution in [2.24, 2.45) is 11.8 Å². The summed E-state index contributed by atoms with van der Waals surface area (Å²) in [5.41, 5.74) is 1.93. The standard InChI is InChI=1S/C29H34N2O6S/c32-28(31-17-3-5-22-4-1-2-6-27(22)31)23-7-11-25(12-8-23)37-20-21-15-18-30(19-16-21)38(35,36)26-13-9-24(10-14-26)29(33)34/h6-14,21-22H,1-5,15-20H2,(H,33,34). The van der Waals surface area contributed by atoms with E-state index >= 15 is 0 Å². The Morgan fingerprint density at radius 3 is 2.21 bits per heavy atom. The van der Waals surface area contributed by atoms with Crippen molar-refractivity contribution in [1.82, 2.24) is 9.21 Å². The Kier molecular flexibility index (Phi) is 7.85. The second-order valence-corrected chi connectivity index (χ2v) is 12.3. The number of ether oxygens (including phenoxy) is 1. The molecule has 3 aliphatic rings. The summed E-state index contributed by atoms with van der Waals surface area (Å²) in [6, 6.07) is 12.6. The first-order valence-corrected chi connectivity index (χ1v) is 14.9. The summed E-state index contributed by atoms with van der Waals surface area (Å²) in [6.45, 7) is 2.03. The van der Waals surface area contributed by atoms with Gasteiger partial charge in [-0.3, -0.25) is 4.79 Å². The minimum absolute atomic E-state index is 0.0546. The van der Waals surface area contributed by atoms with Crippen molar-refractivity contribution in [1.29, 1.82) is 0 Å². The van der Waals surface area contributed by atoms with Crippen molar-refractivity contribution < 1.29 is 27.9 Å². The first-order valence-electron chi connectivity index (χ1n) is 13.4. The number of sulfonamides is 1. The fourth-order valence-corrected chi connectivity index (χ4v) is 7.16. The van der Waals surface area contributed by atoms with E-state index in [1.807, 2.05) is 29.2 Å². The Balaban J connectivity index is 1.12. The molecule has 2 aromatic carbocycles. The molecule has 0 bridgehead atoms. The van der Waals surface area contributed by atoms with Gasteiger partial charge in [0.05, 0.1) is 17.1 Å². The van der Waals surface area contributed by atoms with Gasteiger partial charge in [0.2, 0.25) is 10.0 Å². The van der Waals surface area contributed by atoms with Crippen LogP contribution in [0.15, 0.2) is 65.2 Å². The SMILES string of the molecule is O=C(O)c1ccc(S(=O)(=O)N2CCC(COc3ccc(C(=O)N4CCCC5CCCC=C54)cc3)CC2)cc1. The van der Waals surface area contributed by atoms with Crippen LogP contribution >= 0.6 is 0 Å². The topological polar surface area (TPSA) is 104 Å². The van der Waals surface area contributed by atoms with Gasteiger partial charge in [0, 0.05) is 30.9 Å². The van der Waals surface area contributed by atoms with Crippen molar-refractivity contribution >= 4 is 21.9 Å². The highest BCUT2D eigenvalue weighted by molar-refractivity contribution is 7.89. The molecule has 0 saturated carbocycles. The van der Waals surface area contributed by atoms with Crippen LogP contribution in [0.25, 0.3) is 0 Å². The highest BCUT2D eigenvalue weighted by Crippen LogP contribution is 2.36. The number of likely N-dealkylation sites (tertiary alicyclic amines) is 1. The van der Waals surface area contributed by atoms with Crippen LogP contribution in [0.2, 0.25) is 0 Å². The van der Waals surface area contributed by atoms with Crippen molar-refractivity contribution in [3.05, 3.63) is 71.4 Å². The number of hydrogen-bond donors (Lipinski definition) is 1. The van der Waals surface area contributed by atoms with Crippen molar-refractivity contribution in [3.63, 3.8) is 0 Å². The Morgan fingerprint density at radius 1 is 0.868 bits per heavy atom. The number of amides is 1. The molecule has 2 aliphatic heterocycles. The van der Waals surface area contributed by atoms with E-state index in [2.05, 4.69) is 6.08 Å². The highest BCUT2D eigenvalue weighted by atomic mass is 32.2. The van der Waals surface area contributed by atoms with Gasteiger partial charge in [-0.2, -0.15) is 4.31 Å². The van der Waals surface area contributed by atoms with E-state index < -0.39 is 16.0 Å². The summed E-state index contributed by atoms with van der Waals surface area (Å²) in [5, 5.41) is 9.03. The molecule has 1 unspecified atom stereocenters. The zero-order valence-corrected chi connectivity index (χ0v) is 22.2. The molecule has 202 valence electrons. The maximum Gasteiger partial charge on any atom is 0.335 e. The number of carboxylic acid groups (broad SMARTS) is 1. The van der Waals surface area contributed by atoms with Crippen LogP contribution in [-0.2, 0) is 10.0 Å². The van der Waals surface area contributed by atoms with E-state index in [-0.39, 0.29) is 22.3 Å². The molecule has 8 nitrogen and oxygen atoms in total. The normalized spacial score (nSPS) is 20.9. The van der Waals surface area contributed by atoms with E-state index in [1.165, 1.54) is 53.5 Å². The maximum atomic E-state index is 13.2. The summed E-state index contributed by atoms with van der Waals surface area (Å²) in [6.07, 6.45) is 9.25. The van der Waals surface area contributed by atoms with Crippen LogP contribution in [0.4, 0.5) is 0 Å². The fraction of sp³-hybridized carbons (Fsp3) is 0.448. The number of allylic oxidation sites excluding steroid dienone is 2. The summed E-state index contributed by atoms with van der Waals surface area (Å²) in [5.74, 6) is 0.404. The quantitative estimate of drug-likeness (QED) is 0.544. The van der Waals surface area contributed by atoms with Crippen molar-refractivity contribution in [3.8, 4) is 5.75 Å². The van der Waals surface area contributed by atoms with Crippen molar-refractivity contribution in [2.75, 3.05) is 26.2 Å². The number of nitrogens with zero attached hydrogens (tertiary/aromatic N) is 2. The third-order valence-corrected chi connectivity index (χ3v) is 9.83. The lowest BCUT2D eigenvalue weighted by molar-refractivity contribution is 0.0695. The second kappa shape index (κ2) is 11.3. The van der Waals surface area contributed by atoms with E-state index in [1.54, 1.807) is 0 Å². The number of hydrogen-bond acceptors (Lipinski definition) is 5. The second-order valence-electron chi connectivity index (χ2n) is 10.4. The molecule has 0 radical (unpaired) electrons. The van der Waals surface area contributed by atoms with Gasteiger partial charge in [-0.05, 0) is 105 Å². The third kappa shape index (κ3) is 5.63.